The summed E-state index contributed by atoms with van der Waals surface area (Å²) in [5.74, 6) is -1.23. The van der Waals surface area contributed by atoms with Crippen LogP contribution in [0.5, 0.6) is 0 Å². The molecule has 0 amide bonds. The highest BCUT2D eigenvalue weighted by Gasteiger charge is 2.39. The van der Waals surface area contributed by atoms with Gasteiger partial charge in [-0.15, -0.1) is 0 Å². The summed E-state index contributed by atoms with van der Waals surface area (Å²) in [6.07, 6.45) is -0.432. The van der Waals surface area contributed by atoms with Crippen molar-refractivity contribution >= 4 is 19.3 Å². The lowest BCUT2D eigenvalue weighted by molar-refractivity contribution is -0.143. The minimum absolute atomic E-state index is 0.0613. The molecule has 174 valence electrons. The number of hydrogen-bond donors (Lipinski definition) is 0. The molecule has 0 aliphatic carbocycles. The van der Waals surface area contributed by atoms with Crippen LogP contribution in [0.2, 0.25) is 0 Å². The molecular weight excluding hydrogens is 425 g/mol. The highest BCUT2D eigenvalue weighted by molar-refractivity contribution is 7.54. The van der Waals surface area contributed by atoms with Gasteiger partial charge in [0, 0.05) is 17.5 Å². The Hall–Kier alpha value is -2.27. The average molecular weight is 460 g/mol. The third-order valence-electron chi connectivity index (χ3n) is 4.37. The largest absolute Gasteiger partial charge is 0.466 e. The maximum Gasteiger partial charge on any atom is 0.355 e. The van der Waals surface area contributed by atoms with Gasteiger partial charge in [-0.05, 0) is 41.0 Å². The number of ether oxygens (including phenoxy) is 1. The van der Waals surface area contributed by atoms with Gasteiger partial charge < -0.3 is 13.8 Å². The van der Waals surface area contributed by atoms with Gasteiger partial charge in [0.05, 0.1) is 24.5 Å². The molecule has 0 aliphatic heterocycles. The predicted octanol–water partition coefficient (Wildman–Crippen LogP) is 6.24. The minimum Gasteiger partial charge on any atom is -0.466 e. The van der Waals surface area contributed by atoms with Gasteiger partial charge in [-0.2, -0.15) is 0 Å². The Balaban J connectivity index is 2.59. The fourth-order valence-corrected chi connectivity index (χ4v) is 5.39. The Kier molecular flexibility index (Phi) is 10.3. The summed E-state index contributed by atoms with van der Waals surface area (Å²) in [5, 5.41) is 0. The van der Waals surface area contributed by atoms with Crippen LogP contribution < -0.4 is 0 Å². The second-order valence-corrected chi connectivity index (χ2v) is 9.98. The number of rotatable bonds is 12. The smallest absolute Gasteiger partial charge is 0.355 e. The summed E-state index contributed by atoms with van der Waals surface area (Å²) in [7, 11) is -3.71. The molecule has 1 atom stereocenters. The van der Waals surface area contributed by atoms with Crippen LogP contribution in [-0.2, 0) is 23.1 Å². The number of esters is 1. The van der Waals surface area contributed by atoms with Gasteiger partial charge in [0.15, 0.2) is 5.78 Å². The second kappa shape index (κ2) is 12.7. The third kappa shape index (κ3) is 8.01. The molecule has 2 aromatic carbocycles. The third-order valence-corrected chi connectivity index (χ3v) is 6.90. The molecule has 0 saturated carbocycles. The summed E-state index contributed by atoms with van der Waals surface area (Å²) in [5.41, 5.74) is 2.42. The molecule has 0 N–H and O–H groups in total. The van der Waals surface area contributed by atoms with Gasteiger partial charge >= 0.3 is 13.6 Å². The van der Waals surface area contributed by atoms with Crippen LogP contribution in [0, 0.1) is 0 Å². The van der Waals surface area contributed by atoms with E-state index in [4.69, 9.17) is 18.8 Å². The molecule has 0 aliphatic rings. The minimum atomic E-state index is -3.71. The average Bonchev–Trinajstić information content (AvgIpc) is 2.74. The van der Waals surface area contributed by atoms with Crippen LogP contribution in [0.15, 0.2) is 65.7 Å². The molecule has 2 aromatic rings. The standard InChI is InChI=1S/C25H34NO5P/c1-6-29-24(27)18-17-23(32(28,30-19(2)3)31-20(4)5)26-25(21-13-9-7-10-14-21)22-15-11-8-12-16-22/h7-16,19-20,23H,6,17-18H2,1-5H3. The molecule has 0 fully saturated rings. The summed E-state index contributed by atoms with van der Waals surface area (Å²) < 4.78 is 30.8. The summed E-state index contributed by atoms with van der Waals surface area (Å²) in [6, 6.07) is 19.4. The summed E-state index contributed by atoms with van der Waals surface area (Å²) in [4.78, 5) is 17.0. The normalized spacial score (nSPS) is 12.6. The van der Waals surface area contributed by atoms with Crippen molar-refractivity contribution in [2.24, 2.45) is 4.99 Å². The van der Waals surface area contributed by atoms with Crippen molar-refractivity contribution in [3.05, 3.63) is 71.8 Å². The maximum atomic E-state index is 14.0. The zero-order valence-corrected chi connectivity index (χ0v) is 20.5. The molecule has 0 saturated heterocycles. The number of benzene rings is 2. The number of hydrogen-bond acceptors (Lipinski definition) is 6. The van der Waals surface area contributed by atoms with Crippen LogP contribution in [0.3, 0.4) is 0 Å². The zero-order valence-electron chi connectivity index (χ0n) is 19.6. The number of aliphatic imine (C=N–C) groups is 1. The molecule has 2 rings (SSSR count). The predicted molar refractivity (Wildman–Crippen MR) is 128 cm³/mol. The van der Waals surface area contributed by atoms with Crippen molar-refractivity contribution in [3.8, 4) is 0 Å². The van der Waals surface area contributed by atoms with Gasteiger partial charge in [0.2, 0.25) is 0 Å². The first-order valence-corrected chi connectivity index (χ1v) is 12.7. The van der Waals surface area contributed by atoms with Crippen molar-refractivity contribution in [1.82, 2.24) is 0 Å². The molecule has 1 unspecified atom stereocenters. The van der Waals surface area contributed by atoms with Gasteiger partial charge in [-0.1, -0.05) is 60.7 Å². The van der Waals surface area contributed by atoms with E-state index in [1.807, 2.05) is 60.7 Å². The van der Waals surface area contributed by atoms with E-state index in [0.717, 1.165) is 11.1 Å². The Morgan fingerprint density at radius 2 is 1.34 bits per heavy atom. The van der Waals surface area contributed by atoms with E-state index in [1.54, 1.807) is 34.6 Å². The lowest BCUT2D eigenvalue weighted by atomic mass is 10.0. The first-order chi connectivity index (χ1) is 15.2. The first-order valence-electron chi connectivity index (χ1n) is 11.1. The van der Waals surface area contributed by atoms with Crippen molar-refractivity contribution in [1.29, 1.82) is 0 Å². The van der Waals surface area contributed by atoms with E-state index in [9.17, 15) is 9.36 Å². The van der Waals surface area contributed by atoms with Crippen LogP contribution in [-0.4, -0.2) is 36.3 Å². The topological polar surface area (TPSA) is 74.2 Å². The van der Waals surface area contributed by atoms with E-state index in [2.05, 4.69) is 0 Å². The van der Waals surface area contributed by atoms with Gasteiger partial charge in [0.25, 0.3) is 0 Å². The Morgan fingerprint density at radius 1 is 0.875 bits per heavy atom. The van der Waals surface area contributed by atoms with E-state index in [1.165, 1.54) is 0 Å². The van der Waals surface area contributed by atoms with Crippen LogP contribution in [0.1, 0.15) is 58.6 Å². The molecule has 32 heavy (non-hydrogen) atoms. The summed E-state index contributed by atoms with van der Waals surface area (Å²) >= 11 is 0. The monoisotopic (exact) mass is 459 g/mol. The molecular formula is C25H34NO5P. The highest BCUT2D eigenvalue weighted by Crippen LogP contribution is 2.57. The maximum absolute atomic E-state index is 14.0. The SMILES string of the molecule is CCOC(=O)CCC(N=C(c1ccccc1)c1ccccc1)P(=O)(OC(C)C)OC(C)C. The quantitative estimate of drug-likeness (QED) is 0.213. The molecule has 0 bridgehead atoms. The lowest BCUT2D eigenvalue weighted by Crippen LogP contribution is -2.20. The Labute approximate surface area is 191 Å². The number of carbonyl (C=O) groups is 1. The van der Waals surface area contributed by atoms with Gasteiger partial charge in [0.1, 0.15) is 0 Å². The molecule has 6 nitrogen and oxygen atoms in total. The van der Waals surface area contributed by atoms with Crippen LogP contribution >= 0.6 is 7.60 Å². The zero-order chi connectivity index (χ0) is 23.6. The van der Waals surface area contributed by atoms with Crippen LogP contribution in [0.4, 0.5) is 0 Å². The van der Waals surface area contributed by atoms with E-state index in [0.29, 0.717) is 5.71 Å². The van der Waals surface area contributed by atoms with Crippen molar-refractivity contribution in [2.45, 2.75) is 65.5 Å². The van der Waals surface area contributed by atoms with Crippen molar-refractivity contribution in [2.75, 3.05) is 6.61 Å². The Bertz CT molecular complexity index is 857. The Morgan fingerprint density at radius 3 is 1.75 bits per heavy atom. The lowest BCUT2D eigenvalue weighted by Gasteiger charge is -2.28. The fourth-order valence-electron chi connectivity index (χ4n) is 3.18. The van der Waals surface area contributed by atoms with E-state index < -0.39 is 13.4 Å². The molecule has 0 spiro atoms. The number of nitrogens with zero attached hydrogens (tertiary/aromatic N) is 1. The molecule has 0 aromatic heterocycles. The van der Waals surface area contributed by atoms with E-state index in [-0.39, 0.29) is 37.6 Å². The summed E-state index contributed by atoms with van der Waals surface area (Å²) in [6.45, 7) is 9.25. The molecule has 0 radical (unpaired) electrons. The van der Waals surface area contributed by atoms with Gasteiger partial charge in [-0.3, -0.25) is 14.4 Å². The van der Waals surface area contributed by atoms with E-state index >= 15 is 0 Å². The number of carbonyl (C=O) groups excluding carboxylic acids is 1. The first kappa shape index (κ1) is 26.0. The second-order valence-electron chi connectivity index (χ2n) is 7.88. The molecule has 0 heterocycles. The highest BCUT2D eigenvalue weighted by atomic mass is 31.2. The molecule has 7 heteroatoms. The van der Waals surface area contributed by atoms with Gasteiger partial charge in [-0.25, -0.2) is 0 Å². The fraction of sp³-hybridized carbons (Fsp3) is 0.440. The van der Waals surface area contributed by atoms with Crippen molar-refractivity contribution in [3.63, 3.8) is 0 Å². The van der Waals surface area contributed by atoms with Crippen LogP contribution in [0.25, 0.3) is 0 Å². The van der Waals surface area contributed by atoms with Crippen molar-refractivity contribution < 1.29 is 23.1 Å².